The van der Waals surface area contributed by atoms with Gasteiger partial charge in [0.25, 0.3) is 5.91 Å². The van der Waals surface area contributed by atoms with Gasteiger partial charge in [0, 0.05) is 30.6 Å². The molecule has 22 heavy (non-hydrogen) atoms. The zero-order valence-electron chi connectivity index (χ0n) is 14.2. The summed E-state index contributed by atoms with van der Waals surface area (Å²) < 4.78 is 7.21. The SMILES string of the molecule is CC#CCC(CCC)C(=O)N=c1sc(C)c(C)n1CCOC. The van der Waals surface area contributed by atoms with Crippen LogP contribution in [0.1, 0.15) is 43.7 Å². The Morgan fingerprint density at radius 1 is 1.45 bits per heavy atom. The molecule has 0 saturated heterocycles. The second-order valence-electron chi connectivity index (χ2n) is 5.24. The van der Waals surface area contributed by atoms with Gasteiger partial charge in [0.05, 0.1) is 12.5 Å². The zero-order chi connectivity index (χ0) is 16.5. The maximum Gasteiger partial charge on any atom is 0.252 e. The molecule has 1 amide bonds. The number of aromatic nitrogens is 1. The van der Waals surface area contributed by atoms with E-state index in [0.29, 0.717) is 19.6 Å². The molecule has 1 aromatic heterocycles. The van der Waals surface area contributed by atoms with Gasteiger partial charge in [0.2, 0.25) is 0 Å². The lowest BCUT2D eigenvalue weighted by Crippen LogP contribution is -2.23. The van der Waals surface area contributed by atoms with E-state index in [1.54, 1.807) is 25.4 Å². The number of rotatable bonds is 7. The van der Waals surface area contributed by atoms with Crippen LogP contribution in [0, 0.1) is 31.6 Å². The highest BCUT2D eigenvalue weighted by molar-refractivity contribution is 7.09. The number of aryl methyl sites for hydroxylation is 1. The predicted molar refractivity (Wildman–Crippen MR) is 90.7 cm³/mol. The molecule has 0 radical (unpaired) electrons. The van der Waals surface area contributed by atoms with Crippen molar-refractivity contribution in [3.63, 3.8) is 0 Å². The van der Waals surface area contributed by atoms with Crippen LogP contribution in [0.3, 0.4) is 0 Å². The zero-order valence-corrected chi connectivity index (χ0v) is 15.0. The van der Waals surface area contributed by atoms with Crippen molar-refractivity contribution in [2.75, 3.05) is 13.7 Å². The summed E-state index contributed by atoms with van der Waals surface area (Å²) in [5.74, 6) is 5.72. The van der Waals surface area contributed by atoms with Gasteiger partial charge < -0.3 is 9.30 Å². The lowest BCUT2D eigenvalue weighted by molar-refractivity contribution is -0.121. The van der Waals surface area contributed by atoms with E-state index >= 15 is 0 Å². The van der Waals surface area contributed by atoms with Crippen molar-refractivity contribution in [2.45, 2.75) is 53.5 Å². The molecule has 0 spiro atoms. The molecule has 0 bridgehead atoms. The second kappa shape index (κ2) is 9.60. The fourth-order valence-electron chi connectivity index (χ4n) is 2.20. The van der Waals surface area contributed by atoms with Crippen LogP contribution in [0.2, 0.25) is 0 Å². The van der Waals surface area contributed by atoms with Crippen LogP contribution in [-0.2, 0) is 16.1 Å². The molecule has 0 aliphatic heterocycles. The third kappa shape index (κ3) is 5.11. The van der Waals surface area contributed by atoms with E-state index in [4.69, 9.17) is 4.74 Å². The van der Waals surface area contributed by atoms with E-state index in [-0.39, 0.29) is 11.8 Å². The first-order valence-electron chi connectivity index (χ1n) is 7.69. The molecule has 0 aliphatic rings. The first kappa shape index (κ1) is 18.7. The van der Waals surface area contributed by atoms with E-state index in [0.717, 1.165) is 23.3 Å². The molecule has 1 unspecified atom stereocenters. The molecule has 4 nitrogen and oxygen atoms in total. The maximum absolute atomic E-state index is 12.5. The number of methoxy groups -OCH3 is 1. The number of carbonyl (C=O) groups excluding carboxylic acids is 1. The molecule has 5 heteroatoms. The summed E-state index contributed by atoms with van der Waals surface area (Å²) in [5, 5.41) is 0. The smallest absolute Gasteiger partial charge is 0.252 e. The Kier molecular flexibility index (Phi) is 8.15. The van der Waals surface area contributed by atoms with Crippen molar-refractivity contribution >= 4 is 17.2 Å². The van der Waals surface area contributed by atoms with Crippen molar-refractivity contribution in [3.8, 4) is 11.8 Å². The number of hydrogen-bond acceptors (Lipinski definition) is 3. The van der Waals surface area contributed by atoms with Gasteiger partial charge in [0.15, 0.2) is 4.80 Å². The Bertz CT molecular complexity index is 617. The molecule has 0 N–H and O–H groups in total. The fourth-order valence-corrected chi connectivity index (χ4v) is 3.21. The molecular weight excluding hydrogens is 296 g/mol. The summed E-state index contributed by atoms with van der Waals surface area (Å²) in [4.78, 5) is 18.8. The molecule has 0 aliphatic carbocycles. The number of thiazole rings is 1. The van der Waals surface area contributed by atoms with Crippen molar-refractivity contribution in [3.05, 3.63) is 15.4 Å². The largest absolute Gasteiger partial charge is 0.383 e. The summed E-state index contributed by atoms with van der Waals surface area (Å²) in [7, 11) is 1.68. The van der Waals surface area contributed by atoms with Crippen LogP contribution in [0.4, 0.5) is 0 Å². The van der Waals surface area contributed by atoms with Crippen LogP contribution < -0.4 is 4.80 Å². The van der Waals surface area contributed by atoms with Gasteiger partial charge in [-0.15, -0.1) is 23.2 Å². The van der Waals surface area contributed by atoms with Crippen molar-refractivity contribution in [1.29, 1.82) is 0 Å². The van der Waals surface area contributed by atoms with Gasteiger partial charge >= 0.3 is 0 Å². The Morgan fingerprint density at radius 2 is 2.18 bits per heavy atom. The number of ether oxygens (including phenoxy) is 1. The van der Waals surface area contributed by atoms with E-state index in [2.05, 4.69) is 42.2 Å². The third-order valence-corrected chi connectivity index (χ3v) is 4.72. The average Bonchev–Trinajstić information content (AvgIpc) is 2.76. The highest BCUT2D eigenvalue weighted by Gasteiger charge is 2.17. The monoisotopic (exact) mass is 322 g/mol. The molecule has 1 rings (SSSR count). The minimum atomic E-state index is -0.101. The Morgan fingerprint density at radius 3 is 2.77 bits per heavy atom. The Balaban J connectivity index is 3.09. The summed E-state index contributed by atoms with van der Waals surface area (Å²) in [6, 6.07) is 0. The normalized spacial score (nSPS) is 12.9. The first-order valence-corrected chi connectivity index (χ1v) is 8.50. The minimum Gasteiger partial charge on any atom is -0.383 e. The standard InChI is InChI=1S/C17H26N2O2S/c1-6-8-10-15(9-7-2)16(20)18-17-19(11-12-21-5)13(3)14(4)22-17/h15H,7,9-12H2,1-5H3. The molecule has 0 aromatic carbocycles. The number of hydrogen-bond donors (Lipinski definition) is 0. The molecular formula is C17H26N2O2S. The third-order valence-electron chi connectivity index (χ3n) is 3.63. The molecule has 122 valence electrons. The highest BCUT2D eigenvalue weighted by Crippen LogP contribution is 2.14. The number of carbonyl (C=O) groups is 1. The summed E-state index contributed by atoms with van der Waals surface area (Å²) in [6.45, 7) is 9.31. The summed E-state index contributed by atoms with van der Waals surface area (Å²) in [5.41, 5.74) is 1.15. The topological polar surface area (TPSA) is 43.6 Å². The first-order chi connectivity index (χ1) is 10.5. The molecule has 1 heterocycles. The van der Waals surface area contributed by atoms with Crippen LogP contribution in [0.15, 0.2) is 4.99 Å². The van der Waals surface area contributed by atoms with Crippen LogP contribution in [-0.4, -0.2) is 24.2 Å². The van der Waals surface area contributed by atoms with Gasteiger partial charge in [-0.2, -0.15) is 4.99 Å². The van der Waals surface area contributed by atoms with Crippen molar-refractivity contribution in [1.82, 2.24) is 4.57 Å². The van der Waals surface area contributed by atoms with Crippen LogP contribution in [0.25, 0.3) is 0 Å². The highest BCUT2D eigenvalue weighted by atomic mass is 32.1. The lowest BCUT2D eigenvalue weighted by atomic mass is 9.99. The molecule has 1 aromatic rings. The Labute approximate surface area is 137 Å². The molecule has 1 atom stereocenters. The summed E-state index contributed by atoms with van der Waals surface area (Å²) in [6.07, 6.45) is 2.38. The average molecular weight is 322 g/mol. The van der Waals surface area contributed by atoms with Gasteiger partial charge in [-0.3, -0.25) is 4.79 Å². The van der Waals surface area contributed by atoms with E-state index in [1.807, 2.05) is 0 Å². The molecule has 0 fully saturated rings. The number of nitrogens with zero attached hydrogens (tertiary/aromatic N) is 2. The van der Waals surface area contributed by atoms with Crippen LogP contribution in [0.5, 0.6) is 0 Å². The summed E-state index contributed by atoms with van der Waals surface area (Å²) >= 11 is 1.56. The predicted octanol–water partition coefficient (Wildman–Crippen LogP) is 3.07. The lowest BCUT2D eigenvalue weighted by Gasteiger charge is -2.08. The van der Waals surface area contributed by atoms with Crippen LogP contribution >= 0.6 is 11.3 Å². The van der Waals surface area contributed by atoms with Crippen molar-refractivity contribution < 1.29 is 9.53 Å². The second-order valence-corrected chi connectivity index (χ2v) is 6.42. The number of amides is 1. The van der Waals surface area contributed by atoms with E-state index < -0.39 is 0 Å². The van der Waals surface area contributed by atoms with Gasteiger partial charge in [-0.1, -0.05) is 13.3 Å². The fraction of sp³-hybridized carbons (Fsp3) is 0.647. The maximum atomic E-state index is 12.5. The van der Waals surface area contributed by atoms with Gasteiger partial charge in [-0.25, -0.2) is 0 Å². The van der Waals surface area contributed by atoms with Crippen molar-refractivity contribution in [2.24, 2.45) is 10.9 Å². The van der Waals surface area contributed by atoms with E-state index in [1.165, 1.54) is 4.88 Å². The quantitative estimate of drug-likeness (QED) is 0.724. The van der Waals surface area contributed by atoms with E-state index in [9.17, 15) is 4.79 Å². The van der Waals surface area contributed by atoms with Gasteiger partial charge in [-0.05, 0) is 27.2 Å². The molecule has 0 saturated carbocycles. The van der Waals surface area contributed by atoms with Gasteiger partial charge in [0.1, 0.15) is 0 Å². The minimum absolute atomic E-state index is 0.0583. The Hall–Kier alpha value is -1.38.